The van der Waals surface area contributed by atoms with Gasteiger partial charge in [0.05, 0.1) is 18.8 Å². The molecule has 0 saturated carbocycles. The molecule has 11 heteroatoms. The molecule has 0 spiro atoms. The van der Waals surface area contributed by atoms with Gasteiger partial charge in [-0.2, -0.15) is 4.98 Å². The van der Waals surface area contributed by atoms with E-state index in [1.54, 1.807) is 31.3 Å². The van der Waals surface area contributed by atoms with E-state index in [9.17, 15) is 13.2 Å². The molecule has 0 aliphatic carbocycles. The van der Waals surface area contributed by atoms with Gasteiger partial charge in [-0.05, 0) is 39.0 Å². The van der Waals surface area contributed by atoms with Crippen molar-refractivity contribution in [2.75, 3.05) is 17.6 Å². The number of imidazole rings is 1. The van der Waals surface area contributed by atoms with Crippen LogP contribution in [0.1, 0.15) is 19.7 Å². The van der Waals surface area contributed by atoms with Crippen molar-refractivity contribution in [1.82, 2.24) is 29.1 Å². The lowest BCUT2D eigenvalue weighted by molar-refractivity contribution is 0.127. The summed E-state index contributed by atoms with van der Waals surface area (Å²) in [5.74, 6) is 0.844. The molecule has 0 unspecified atom stereocenters. The molecular formula is C19H21F3N8. The first-order valence-electron chi connectivity index (χ1n) is 9.32. The van der Waals surface area contributed by atoms with Crippen LogP contribution in [0.4, 0.5) is 24.9 Å². The molecule has 0 aromatic carbocycles. The number of nitrogen functional groups attached to an aromatic ring is 1. The van der Waals surface area contributed by atoms with E-state index in [1.807, 2.05) is 0 Å². The van der Waals surface area contributed by atoms with E-state index in [2.05, 4.69) is 25.4 Å². The highest BCUT2D eigenvalue weighted by atomic mass is 19.3. The van der Waals surface area contributed by atoms with Crippen LogP contribution in [0.15, 0.2) is 24.4 Å². The van der Waals surface area contributed by atoms with Gasteiger partial charge in [0.15, 0.2) is 11.5 Å². The summed E-state index contributed by atoms with van der Waals surface area (Å²) in [5.41, 5.74) is 7.30. The number of nitrogens with two attached hydrogens (primary N) is 1. The molecule has 0 aliphatic heterocycles. The van der Waals surface area contributed by atoms with Crippen molar-refractivity contribution in [2.24, 2.45) is 0 Å². The Balaban J connectivity index is 1.77. The second kappa shape index (κ2) is 7.15. The van der Waals surface area contributed by atoms with Gasteiger partial charge in [0.1, 0.15) is 22.5 Å². The van der Waals surface area contributed by atoms with E-state index in [-0.39, 0.29) is 18.3 Å². The lowest BCUT2D eigenvalue weighted by Crippen LogP contribution is -2.25. The van der Waals surface area contributed by atoms with Crippen molar-refractivity contribution in [3.05, 3.63) is 30.2 Å². The molecule has 0 fully saturated rings. The maximum Gasteiger partial charge on any atom is 0.256 e. The van der Waals surface area contributed by atoms with Gasteiger partial charge in [-0.15, -0.1) is 5.10 Å². The fraction of sp³-hybridized carbons (Fsp3) is 0.368. The summed E-state index contributed by atoms with van der Waals surface area (Å²) in [7, 11) is 0. The number of halogens is 3. The third-order valence-corrected chi connectivity index (χ3v) is 4.58. The highest BCUT2D eigenvalue weighted by molar-refractivity contribution is 5.88. The average Bonchev–Trinajstić information content (AvgIpc) is 3.21. The van der Waals surface area contributed by atoms with Crippen LogP contribution in [0.25, 0.3) is 27.9 Å². The van der Waals surface area contributed by atoms with E-state index < -0.39 is 18.6 Å². The molecule has 30 heavy (non-hydrogen) atoms. The number of hydrogen-bond acceptors (Lipinski definition) is 6. The molecule has 4 aromatic heterocycles. The normalized spacial score (nSPS) is 12.4. The smallest absolute Gasteiger partial charge is 0.256 e. The van der Waals surface area contributed by atoms with Crippen molar-refractivity contribution in [2.45, 2.75) is 39.4 Å². The Morgan fingerprint density at radius 3 is 2.63 bits per heavy atom. The highest BCUT2D eigenvalue weighted by Gasteiger charge is 2.19. The second-order valence-electron chi connectivity index (χ2n) is 7.62. The Hall–Kier alpha value is -3.37. The lowest BCUT2D eigenvalue weighted by atomic mass is 10.2. The van der Waals surface area contributed by atoms with Crippen molar-refractivity contribution < 1.29 is 13.2 Å². The van der Waals surface area contributed by atoms with Crippen molar-refractivity contribution in [3.8, 4) is 11.3 Å². The molecule has 4 aromatic rings. The fourth-order valence-corrected chi connectivity index (χ4v) is 3.24. The van der Waals surface area contributed by atoms with Gasteiger partial charge in [-0.3, -0.25) is 0 Å². The van der Waals surface area contributed by atoms with Crippen LogP contribution in [0, 0.1) is 6.92 Å². The zero-order valence-corrected chi connectivity index (χ0v) is 16.7. The monoisotopic (exact) mass is 418 g/mol. The molecule has 0 saturated heterocycles. The lowest BCUT2D eigenvalue weighted by Gasteiger charge is -2.15. The van der Waals surface area contributed by atoms with Gasteiger partial charge in [-0.1, -0.05) is 0 Å². The topological polar surface area (TPSA) is 98.9 Å². The van der Waals surface area contributed by atoms with Crippen molar-refractivity contribution in [1.29, 1.82) is 0 Å². The Labute approximate surface area is 169 Å². The van der Waals surface area contributed by atoms with Gasteiger partial charge in [0.2, 0.25) is 5.95 Å². The number of rotatable bonds is 6. The van der Waals surface area contributed by atoms with Crippen molar-refractivity contribution >= 4 is 28.4 Å². The average molecular weight is 418 g/mol. The quantitative estimate of drug-likeness (QED) is 0.498. The summed E-state index contributed by atoms with van der Waals surface area (Å²) in [6.07, 6.45) is -0.840. The molecule has 4 heterocycles. The van der Waals surface area contributed by atoms with E-state index >= 15 is 0 Å². The fourth-order valence-electron chi connectivity index (χ4n) is 3.24. The zero-order chi connectivity index (χ0) is 21.6. The van der Waals surface area contributed by atoms with Gasteiger partial charge in [0, 0.05) is 11.8 Å². The van der Waals surface area contributed by atoms with Crippen LogP contribution in [0.2, 0.25) is 0 Å². The molecule has 0 atom stereocenters. The predicted molar refractivity (Wildman–Crippen MR) is 108 cm³/mol. The Morgan fingerprint density at radius 1 is 1.17 bits per heavy atom. The Kier molecular flexibility index (Phi) is 4.75. The molecular weight excluding hydrogens is 397 g/mol. The number of fused-ring (bicyclic) bond motifs is 2. The first-order valence-corrected chi connectivity index (χ1v) is 9.32. The molecule has 0 bridgehead atoms. The maximum atomic E-state index is 13.7. The number of hydrogen-bond donors (Lipinski definition) is 2. The van der Waals surface area contributed by atoms with Crippen LogP contribution in [0.3, 0.4) is 0 Å². The third kappa shape index (κ3) is 3.74. The van der Waals surface area contributed by atoms with Crippen LogP contribution in [-0.2, 0) is 6.54 Å². The number of nitrogens with zero attached hydrogens (tertiary/aromatic N) is 6. The number of aryl methyl sites for hydroxylation is 1. The largest absolute Gasteiger partial charge is 0.382 e. The van der Waals surface area contributed by atoms with Gasteiger partial charge in [-0.25, -0.2) is 27.7 Å². The molecule has 158 valence electrons. The van der Waals surface area contributed by atoms with Crippen LogP contribution < -0.4 is 11.1 Å². The second-order valence-corrected chi connectivity index (χ2v) is 7.62. The minimum Gasteiger partial charge on any atom is -0.382 e. The van der Waals surface area contributed by atoms with Gasteiger partial charge in [0.25, 0.3) is 6.43 Å². The minimum absolute atomic E-state index is 0.0256. The first kappa shape index (κ1) is 19.9. The van der Waals surface area contributed by atoms with Gasteiger partial charge < -0.3 is 15.6 Å². The number of pyridine rings is 1. The summed E-state index contributed by atoms with van der Waals surface area (Å²) in [5, 5.41) is 7.13. The van der Waals surface area contributed by atoms with Crippen LogP contribution in [0.5, 0.6) is 0 Å². The first-order chi connectivity index (χ1) is 14.1. The number of nitrogens with one attached hydrogen (secondary N) is 1. The minimum atomic E-state index is -2.52. The van der Waals surface area contributed by atoms with E-state index in [1.165, 1.54) is 22.9 Å². The number of aromatic nitrogens is 6. The molecule has 0 radical (unpaired) electrons. The maximum absolute atomic E-state index is 13.7. The third-order valence-electron chi connectivity index (χ3n) is 4.58. The van der Waals surface area contributed by atoms with Crippen molar-refractivity contribution in [3.63, 3.8) is 0 Å². The van der Waals surface area contributed by atoms with Crippen LogP contribution in [-0.4, -0.2) is 47.8 Å². The zero-order valence-electron chi connectivity index (χ0n) is 16.7. The Bertz CT molecular complexity index is 1220. The van der Waals surface area contributed by atoms with Crippen LogP contribution >= 0.6 is 0 Å². The molecule has 8 nitrogen and oxygen atoms in total. The summed E-state index contributed by atoms with van der Waals surface area (Å²) < 4.78 is 42.6. The molecule has 0 aliphatic rings. The summed E-state index contributed by atoms with van der Waals surface area (Å²) in [6, 6.07) is 5.23. The van der Waals surface area contributed by atoms with E-state index in [0.29, 0.717) is 33.8 Å². The van der Waals surface area contributed by atoms with E-state index in [4.69, 9.17) is 5.73 Å². The van der Waals surface area contributed by atoms with Gasteiger partial charge >= 0.3 is 0 Å². The molecule has 4 rings (SSSR count). The number of alkyl halides is 3. The highest BCUT2D eigenvalue weighted by Crippen LogP contribution is 2.29. The molecule has 3 N–H and O–H groups in total. The standard InChI is InChI=1S/C19H21F3N8/c1-10-25-13-5-4-12(26-17(13)29(10)8-14(20)21)11-6-7-30-15(11)16(23)27-18(28-30)24-9-19(2,3)22/h4-7,14H,8-9H2,1-3H3,(H3,23,24,27,28). The van der Waals surface area contributed by atoms with E-state index in [0.717, 1.165) is 0 Å². The molecule has 0 amide bonds. The SMILES string of the molecule is Cc1nc2ccc(-c3ccn4nc(NCC(C)(C)F)nc(N)c34)nc2n1CC(F)F. The summed E-state index contributed by atoms with van der Waals surface area (Å²) in [6.45, 7) is 4.09. The predicted octanol–water partition coefficient (Wildman–Crippen LogP) is 3.46. The number of anilines is 2. The summed E-state index contributed by atoms with van der Waals surface area (Å²) >= 11 is 0. The summed E-state index contributed by atoms with van der Waals surface area (Å²) in [4.78, 5) is 13.1. The Morgan fingerprint density at radius 2 is 1.93 bits per heavy atom.